The van der Waals surface area contributed by atoms with Gasteiger partial charge in [-0.25, -0.2) is 0 Å². The lowest BCUT2D eigenvalue weighted by Gasteiger charge is -2.37. The molecule has 2 amide bonds. The minimum atomic E-state index is -4.50. The van der Waals surface area contributed by atoms with Crippen molar-refractivity contribution in [1.29, 1.82) is 0 Å². The average Bonchev–Trinajstić information content (AvgIpc) is 3.16. The number of carbonyl (C=O) groups excluding carboxylic acids is 2. The van der Waals surface area contributed by atoms with Crippen LogP contribution in [0.1, 0.15) is 27.8 Å². The molecule has 3 aromatic carbocycles. The summed E-state index contributed by atoms with van der Waals surface area (Å²) in [6.45, 7) is 3.20. The molecule has 1 aliphatic rings. The Morgan fingerprint density at radius 2 is 1.43 bits per heavy atom. The van der Waals surface area contributed by atoms with Crippen LogP contribution >= 0.6 is 0 Å². The van der Waals surface area contributed by atoms with Gasteiger partial charge in [0.2, 0.25) is 11.8 Å². The van der Waals surface area contributed by atoms with Gasteiger partial charge in [0.25, 0.3) is 0 Å². The number of pyridine rings is 2. The third kappa shape index (κ3) is 9.55. The second kappa shape index (κ2) is 16.4. The Morgan fingerprint density at radius 3 is 2.08 bits per heavy atom. The highest BCUT2D eigenvalue weighted by Crippen LogP contribution is 2.30. The number of alkyl halides is 3. The fourth-order valence-electron chi connectivity index (χ4n) is 6.16. The van der Waals surface area contributed by atoms with Crippen molar-refractivity contribution >= 4 is 17.9 Å². The second-order valence-corrected chi connectivity index (χ2v) is 12.5. The summed E-state index contributed by atoms with van der Waals surface area (Å²) in [7, 11) is 0. The van der Waals surface area contributed by atoms with E-state index in [-0.39, 0.29) is 24.4 Å². The normalized spacial score (nSPS) is 14.6. The zero-order chi connectivity index (χ0) is 35.6. The van der Waals surface area contributed by atoms with Crippen LogP contribution in [0, 0.1) is 5.92 Å². The van der Waals surface area contributed by atoms with Gasteiger partial charge in [-0.1, -0.05) is 72.8 Å². The van der Waals surface area contributed by atoms with Crippen LogP contribution < -0.4 is 5.32 Å². The monoisotopic (exact) mass is 689 g/mol. The molecule has 0 saturated carbocycles. The molecule has 0 bridgehead atoms. The van der Waals surface area contributed by atoms with Gasteiger partial charge in [-0.2, -0.15) is 13.2 Å². The Morgan fingerprint density at radius 1 is 0.745 bits per heavy atom. The summed E-state index contributed by atoms with van der Waals surface area (Å²) >= 11 is 0. The highest BCUT2D eigenvalue weighted by Gasteiger charge is 2.34. The van der Waals surface area contributed by atoms with Crippen LogP contribution in [0.25, 0.3) is 17.3 Å². The van der Waals surface area contributed by atoms with Crippen molar-refractivity contribution in [3.8, 4) is 11.3 Å². The number of benzene rings is 3. The second-order valence-electron chi connectivity index (χ2n) is 12.5. The smallest absolute Gasteiger partial charge is 0.348 e. The summed E-state index contributed by atoms with van der Waals surface area (Å²) in [5.74, 6) is -1.54. The lowest BCUT2D eigenvalue weighted by molar-refractivity contribution is -0.138. The molecule has 1 saturated heterocycles. The summed E-state index contributed by atoms with van der Waals surface area (Å²) in [5, 5.41) is 2.99. The molecule has 10 heteroatoms. The Kier molecular flexibility index (Phi) is 11.3. The lowest BCUT2D eigenvalue weighted by Crippen LogP contribution is -2.51. The number of aromatic nitrogens is 2. The van der Waals surface area contributed by atoms with Crippen LogP contribution in [0.2, 0.25) is 0 Å². The number of hydrogen-bond donors (Lipinski definition) is 1. The molecule has 260 valence electrons. The molecule has 0 unspecified atom stereocenters. The average molecular weight is 690 g/mol. The molecule has 6 rings (SSSR count). The van der Waals surface area contributed by atoms with Gasteiger partial charge >= 0.3 is 6.18 Å². The van der Waals surface area contributed by atoms with Crippen LogP contribution in [0.5, 0.6) is 0 Å². The Labute approximate surface area is 295 Å². The Bertz CT molecular complexity index is 1910. The van der Waals surface area contributed by atoms with Crippen molar-refractivity contribution in [2.75, 3.05) is 26.2 Å². The maximum atomic E-state index is 14.5. The van der Waals surface area contributed by atoms with Crippen molar-refractivity contribution in [3.05, 3.63) is 161 Å². The summed E-state index contributed by atoms with van der Waals surface area (Å²) in [6, 6.07) is 31.4. The quantitative estimate of drug-likeness (QED) is 0.150. The molecular weight excluding hydrogens is 651 g/mol. The van der Waals surface area contributed by atoms with E-state index in [1.165, 1.54) is 12.1 Å². The van der Waals surface area contributed by atoms with Crippen LogP contribution in [-0.2, 0) is 35.3 Å². The predicted molar refractivity (Wildman–Crippen MR) is 191 cm³/mol. The van der Waals surface area contributed by atoms with Gasteiger partial charge in [-0.3, -0.25) is 24.5 Å². The van der Waals surface area contributed by atoms with Gasteiger partial charge in [0.1, 0.15) is 0 Å². The molecule has 1 N–H and O–H groups in total. The highest BCUT2D eigenvalue weighted by molar-refractivity contribution is 6.04. The molecule has 1 fully saturated rings. The van der Waals surface area contributed by atoms with Crippen molar-refractivity contribution < 1.29 is 22.8 Å². The number of nitrogens with zero attached hydrogens (tertiary/aromatic N) is 4. The number of carbonyl (C=O) groups is 2. The number of nitrogens with one attached hydrogen (secondary N) is 1. The first-order chi connectivity index (χ1) is 24.7. The van der Waals surface area contributed by atoms with Crippen molar-refractivity contribution in [1.82, 2.24) is 25.1 Å². The predicted octanol–water partition coefficient (Wildman–Crippen LogP) is 7.07. The molecule has 2 aromatic heterocycles. The van der Waals surface area contributed by atoms with Gasteiger partial charge in [-0.05, 0) is 71.1 Å². The van der Waals surface area contributed by atoms with Gasteiger partial charge in [0.15, 0.2) is 0 Å². The zero-order valence-electron chi connectivity index (χ0n) is 28.0. The van der Waals surface area contributed by atoms with Crippen molar-refractivity contribution in [2.24, 2.45) is 5.92 Å². The highest BCUT2D eigenvalue weighted by atomic mass is 19.4. The fourth-order valence-corrected chi connectivity index (χ4v) is 6.16. The molecule has 0 spiro atoms. The van der Waals surface area contributed by atoms with Crippen molar-refractivity contribution in [3.63, 3.8) is 0 Å². The van der Waals surface area contributed by atoms with Crippen LogP contribution in [0.15, 0.2) is 133 Å². The summed E-state index contributed by atoms with van der Waals surface area (Å²) < 4.78 is 40.2. The van der Waals surface area contributed by atoms with E-state index in [1.54, 1.807) is 29.6 Å². The number of halogens is 3. The third-order valence-corrected chi connectivity index (χ3v) is 8.99. The summed E-state index contributed by atoms with van der Waals surface area (Å²) in [5.41, 5.74) is 4.39. The largest absolute Gasteiger partial charge is 0.416 e. The first-order valence-electron chi connectivity index (χ1n) is 16.8. The first-order valence-corrected chi connectivity index (χ1v) is 16.8. The van der Waals surface area contributed by atoms with Crippen LogP contribution in [-0.4, -0.2) is 57.8 Å². The first kappa shape index (κ1) is 35.2. The van der Waals surface area contributed by atoms with Crippen LogP contribution in [0.3, 0.4) is 0 Å². The number of piperazine rings is 1. The molecule has 51 heavy (non-hydrogen) atoms. The SMILES string of the molecule is O=C(NCc1ccc(-c2ccccn2)cc1)C(=Cc1ccc(C(F)(F)F)cc1)[C@H](Cc1ccccc1)C(=O)N1CCN(Cc2ccncc2)CC1. The Balaban J connectivity index is 1.26. The summed E-state index contributed by atoms with van der Waals surface area (Å²) in [4.78, 5) is 41.2. The molecule has 1 atom stereocenters. The molecule has 1 aliphatic heterocycles. The molecule has 0 aliphatic carbocycles. The van der Waals surface area contributed by atoms with Crippen molar-refractivity contribution in [2.45, 2.75) is 25.7 Å². The molecule has 0 radical (unpaired) electrons. The van der Waals surface area contributed by atoms with Gasteiger partial charge in [-0.15, -0.1) is 0 Å². The van der Waals surface area contributed by atoms with E-state index >= 15 is 0 Å². The Hall–Kier alpha value is -5.61. The van der Waals surface area contributed by atoms with Gasteiger partial charge in [0, 0.05) is 69.0 Å². The zero-order valence-corrected chi connectivity index (χ0v) is 28.0. The number of hydrogen-bond acceptors (Lipinski definition) is 5. The third-order valence-electron chi connectivity index (χ3n) is 8.99. The maximum Gasteiger partial charge on any atom is 0.416 e. The maximum absolute atomic E-state index is 14.5. The number of rotatable bonds is 11. The van der Waals surface area contributed by atoms with E-state index in [0.29, 0.717) is 31.7 Å². The number of amides is 2. The minimum Gasteiger partial charge on any atom is -0.348 e. The van der Waals surface area contributed by atoms with E-state index in [2.05, 4.69) is 20.2 Å². The standard InChI is InChI=1S/C41H38F3N5O2/c42-41(43,44)35-15-11-31(12-16-35)26-36(39(50)47-28-32-9-13-34(14-10-32)38-8-4-5-19-46-38)37(27-30-6-2-1-3-7-30)40(51)49-24-22-48(23-25-49)29-33-17-20-45-21-18-33/h1-21,26,37H,22-25,27-29H2,(H,47,50)/t37-/m0/s1. The minimum absolute atomic E-state index is 0.186. The molecule has 5 aromatic rings. The van der Waals surface area contributed by atoms with Gasteiger partial charge in [0.05, 0.1) is 17.2 Å². The van der Waals surface area contributed by atoms with E-state index in [1.807, 2.05) is 84.9 Å². The molecule has 7 nitrogen and oxygen atoms in total. The van der Waals surface area contributed by atoms with Gasteiger partial charge < -0.3 is 10.2 Å². The van der Waals surface area contributed by atoms with E-state index in [0.717, 1.165) is 46.6 Å². The topological polar surface area (TPSA) is 78.4 Å². The van der Waals surface area contributed by atoms with E-state index < -0.39 is 23.6 Å². The van der Waals surface area contributed by atoms with E-state index in [9.17, 15) is 22.8 Å². The summed E-state index contributed by atoms with van der Waals surface area (Å²) in [6.07, 6.45) is 2.54. The van der Waals surface area contributed by atoms with E-state index in [4.69, 9.17) is 0 Å². The fraction of sp³-hybridized carbons (Fsp3) is 0.220. The lowest BCUT2D eigenvalue weighted by atomic mass is 9.88. The van der Waals surface area contributed by atoms with Crippen LogP contribution in [0.4, 0.5) is 13.2 Å². The molecule has 3 heterocycles. The molecular formula is C41H38F3N5O2.